The Morgan fingerprint density at radius 3 is 2.66 bits per heavy atom. The van der Waals surface area contributed by atoms with Crippen molar-refractivity contribution in [3.05, 3.63) is 82.9 Å². The van der Waals surface area contributed by atoms with E-state index in [1.807, 2.05) is 24.3 Å². The number of hydrogen-bond acceptors (Lipinski definition) is 7. The van der Waals surface area contributed by atoms with Gasteiger partial charge in [0.05, 0.1) is 53.8 Å². The quantitative estimate of drug-likeness (QED) is 0.316. The number of rotatable bonds is 9. The van der Waals surface area contributed by atoms with Crippen LogP contribution >= 0.6 is 11.6 Å². The van der Waals surface area contributed by atoms with Crippen LogP contribution in [0.2, 0.25) is 5.02 Å². The summed E-state index contributed by atoms with van der Waals surface area (Å²) < 4.78 is 31.5. The van der Waals surface area contributed by atoms with Crippen LogP contribution in [0.25, 0.3) is 11.0 Å². The Kier molecular flexibility index (Phi) is 7.52. The third-order valence-corrected chi connectivity index (χ3v) is 7.28. The molecule has 0 fully saturated rings. The summed E-state index contributed by atoms with van der Waals surface area (Å²) in [5.74, 6) is 0.874. The average molecular weight is 516 g/mol. The zero-order valence-electron chi connectivity index (χ0n) is 18.9. The van der Waals surface area contributed by atoms with E-state index >= 15 is 0 Å². The van der Waals surface area contributed by atoms with Gasteiger partial charge in [-0.05, 0) is 23.8 Å². The summed E-state index contributed by atoms with van der Waals surface area (Å²) in [7, 11) is 1.37. The molecule has 4 aromatic rings. The molecule has 11 heteroatoms. The molecule has 4 rings (SSSR count). The highest BCUT2D eigenvalue weighted by Gasteiger charge is 2.28. The number of pyridine rings is 1. The summed E-state index contributed by atoms with van der Waals surface area (Å²) in [6.45, 7) is -0.300. The highest BCUT2D eigenvalue weighted by Crippen LogP contribution is 2.36. The molecule has 1 N–H and O–H groups in total. The maximum atomic E-state index is 14.1. The van der Waals surface area contributed by atoms with Crippen LogP contribution in [0.15, 0.2) is 61.1 Å². The van der Waals surface area contributed by atoms with Gasteiger partial charge in [-0.3, -0.25) is 9.19 Å². The number of benzene rings is 2. The molecule has 0 aliphatic carbocycles. The molecule has 2 heterocycles. The fraction of sp³-hybridized carbons (Fsp3) is 0.208. The van der Waals surface area contributed by atoms with Crippen molar-refractivity contribution < 1.29 is 28.3 Å². The lowest BCUT2D eigenvalue weighted by atomic mass is 10.1. The maximum absolute atomic E-state index is 14.1. The molecule has 0 spiro atoms. The van der Waals surface area contributed by atoms with E-state index in [-0.39, 0.29) is 12.4 Å². The van der Waals surface area contributed by atoms with Crippen LogP contribution in [0, 0.1) is 0 Å². The molecule has 0 amide bonds. The number of methoxy groups -OCH3 is 2. The van der Waals surface area contributed by atoms with E-state index in [0.29, 0.717) is 33.3 Å². The minimum Gasteiger partial charge on any atom is -0.493 e. The Bertz CT molecular complexity index is 1390. The number of hydrogen-bond donors (Lipinski definition) is 1. The Morgan fingerprint density at radius 2 is 1.91 bits per heavy atom. The van der Waals surface area contributed by atoms with Gasteiger partial charge in [0.15, 0.2) is 11.5 Å². The van der Waals surface area contributed by atoms with Gasteiger partial charge in [-0.2, -0.15) is 0 Å². The minimum atomic E-state index is -1.64. The molecule has 2 unspecified atom stereocenters. The second-order valence-corrected chi connectivity index (χ2v) is 9.28. The molecule has 2 aromatic carbocycles. The first-order valence-corrected chi connectivity index (χ1v) is 12.2. The number of aromatic nitrogens is 3. The Balaban J connectivity index is 1.86. The summed E-state index contributed by atoms with van der Waals surface area (Å²) in [4.78, 5) is 19.9. The second kappa shape index (κ2) is 10.7. The number of ether oxygens (including phenoxy) is 3. The molecule has 0 aliphatic rings. The molecule has 2 aromatic heterocycles. The van der Waals surface area contributed by atoms with Crippen molar-refractivity contribution in [2.45, 2.75) is 17.7 Å². The fourth-order valence-corrected chi connectivity index (χ4v) is 5.64. The smallest absolute Gasteiger partial charge is 0.493 e. The normalized spacial score (nSPS) is 12.8. The lowest BCUT2D eigenvalue weighted by molar-refractivity contribution is 0.0851. The van der Waals surface area contributed by atoms with E-state index < -0.39 is 22.3 Å². The number of carboxylic acid groups (broad SMARTS) is 1. The minimum absolute atomic E-state index is 0.0172. The number of halogens is 1. The molecule has 0 saturated heterocycles. The average Bonchev–Trinajstić information content (AvgIpc) is 3.27. The summed E-state index contributed by atoms with van der Waals surface area (Å²) in [5.41, 5.74) is 2.88. The molecular weight excluding hydrogens is 494 g/mol. The maximum Gasteiger partial charge on any atom is 0.506 e. The van der Waals surface area contributed by atoms with Crippen molar-refractivity contribution in [1.29, 1.82) is 0 Å². The lowest BCUT2D eigenvalue weighted by Gasteiger charge is -2.23. The van der Waals surface area contributed by atoms with Gasteiger partial charge < -0.3 is 23.9 Å². The zero-order chi connectivity index (χ0) is 24.9. The summed E-state index contributed by atoms with van der Waals surface area (Å²) in [6.07, 6.45) is 1.72. The van der Waals surface area contributed by atoms with E-state index in [4.69, 9.17) is 30.9 Å². The van der Waals surface area contributed by atoms with Crippen LogP contribution in [0.5, 0.6) is 11.5 Å². The number of fused-ring (bicyclic) bond motifs is 1. The first-order chi connectivity index (χ1) is 16.9. The Hall–Kier alpha value is -3.63. The van der Waals surface area contributed by atoms with Crippen molar-refractivity contribution in [2.24, 2.45) is 0 Å². The number of para-hydroxylation sites is 2. The first kappa shape index (κ1) is 24.5. The van der Waals surface area contributed by atoms with Crippen LogP contribution in [-0.2, 0) is 27.9 Å². The standard InChI is InChI=1S/C24H22ClN3O6S/c1-32-21-10-11-26-19(22(21)33-2)13-35(31)23(28-14-27-18-8-3-4-9-20(18)28)15-6-5-7-17(25)16(15)12-34-24(29)30/h3-11,14,23H,12-13H2,1-2H3,(H,29,30). The van der Waals surface area contributed by atoms with E-state index in [2.05, 4.69) is 9.97 Å². The third kappa shape index (κ3) is 5.08. The first-order valence-electron chi connectivity index (χ1n) is 10.4. The van der Waals surface area contributed by atoms with Gasteiger partial charge in [-0.15, -0.1) is 0 Å². The summed E-state index contributed by atoms with van der Waals surface area (Å²) in [5, 5.41) is 8.57. The predicted octanol–water partition coefficient (Wildman–Crippen LogP) is 4.79. The van der Waals surface area contributed by atoms with Crippen molar-refractivity contribution in [3.63, 3.8) is 0 Å². The fourth-order valence-electron chi connectivity index (χ4n) is 3.84. The SMILES string of the molecule is COc1ccnc(CS(=O)C(c2cccc(Cl)c2COC(=O)O)n2cnc3ccccc32)c1OC. The van der Waals surface area contributed by atoms with Crippen molar-refractivity contribution in [2.75, 3.05) is 14.2 Å². The van der Waals surface area contributed by atoms with Gasteiger partial charge in [-0.1, -0.05) is 35.9 Å². The second-order valence-electron chi connectivity index (χ2n) is 7.37. The number of nitrogens with zero attached hydrogens (tertiary/aromatic N) is 3. The molecule has 0 radical (unpaired) electrons. The monoisotopic (exact) mass is 515 g/mol. The number of carbonyl (C=O) groups is 1. The predicted molar refractivity (Wildman–Crippen MR) is 131 cm³/mol. The molecule has 2 atom stereocenters. The Labute approximate surface area is 208 Å². The van der Waals surface area contributed by atoms with Crippen LogP contribution in [0.4, 0.5) is 4.79 Å². The molecule has 35 heavy (non-hydrogen) atoms. The number of imidazole rings is 1. The van der Waals surface area contributed by atoms with Crippen molar-refractivity contribution >= 4 is 39.6 Å². The molecule has 0 aliphatic heterocycles. The lowest BCUT2D eigenvalue weighted by Crippen LogP contribution is -2.20. The van der Waals surface area contributed by atoms with Crippen LogP contribution in [0.1, 0.15) is 22.2 Å². The topological polar surface area (TPSA) is 113 Å². The van der Waals surface area contributed by atoms with Crippen LogP contribution in [0.3, 0.4) is 0 Å². The van der Waals surface area contributed by atoms with Crippen molar-refractivity contribution in [3.8, 4) is 11.5 Å². The Morgan fingerprint density at radius 1 is 1.11 bits per heavy atom. The highest BCUT2D eigenvalue weighted by atomic mass is 35.5. The van der Waals surface area contributed by atoms with E-state index in [9.17, 15) is 9.00 Å². The van der Waals surface area contributed by atoms with Gasteiger partial charge in [-0.25, -0.2) is 9.78 Å². The van der Waals surface area contributed by atoms with Crippen LogP contribution in [-0.4, -0.2) is 44.2 Å². The zero-order valence-corrected chi connectivity index (χ0v) is 20.5. The van der Waals surface area contributed by atoms with Crippen molar-refractivity contribution in [1.82, 2.24) is 14.5 Å². The van der Waals surface area contributed by atoms with Gasteiger partial charge in [0.25, 0.3) is 0 Å². The molecule has 0 saturated carbocycles. The van der Waals surface area contributed by atoms with Gasteiger partial charge >= 0.3 is 6.16 Å². The summed E-state index contributed by atoms with van der Waals surface area (Å²) in [6, 6.07) is 14.2. The third-order valence-electron chi connectivity index (χ3n) is 5.39. The molecule has 0 bridgehead atoms. The van der Waals surface area contributed by atoms with Gasteiger partial charge in [0, 0.05) is 22.8 Å². The van der Waals surface area contributed by atoms with E-state index in [1.165, 1.54) is 14.2 Å². The summed E-state index contributed by atoms with van der Waals surface area (Å²) >= 11 is 6.44. The van der Waals surface area contributed by atoms with E-state index in [1.54, 1.807) is 41.4 Å². The van der Waals surface area contributed by atoms with Gasteiger partial charge in [0.2, 0.25) is 0 Å². The molecular formula is C24H22ClN3O6S. The van der Waals surface area contributed by atoms with E-state index in [0.717, 1.165) is 11.0 Å². The molecule has 182 valence electrons. The largest absolute Gasteiger partial charge is 0.506 e. The van der Waals surface area contributed by atoms with Gasteiger partial charge in [0.1, 0.15) is 12.0 Å². The highest BCUT2D eigenvalue weighted by molar-refractivity contribution is 7.84. The van der Waals surface area contributed by atoms with Crippen LogP contribution < -0.4 is 9.47 Å². The molecule has 9 nitrogen and oxygen atoms in total.